The normalized spacial score (nSPS) is 21.2. The molecule has 0 spiro atoms. The monoisotopic (exact) mass is 2030 g/mol. The third-order valence-corrected chi connectivity index (χ3v) is 33.8. The van der Waals surface area contributed by atoms with E-state index in [9.17, 15) is 92.0 Å². The van der Waals surface area contributed by atoms with E-state index in [0.29, 0.717) is 51.7 Å². The molecule has 0 unspecified atom stereocenters. The standard InChI is InChI=1S/C20H21F3N4O3S.C20H20F3N3O3S.C20H20F3N3O2S2.C20H20F2N4O3S.C3H11NOSi.CH2O3.2K.H/c1-19(2)18(24)26-20(3,10-31(19,29)30)13-6-11(4-5-14(13)22)7-16(27-28)17-15(23)8-12(21)9-25-17;1-19(2)18(24)26-20(3,10-30(19,28)29)13-6-11(4-5-14(13)22)7-16(27)17-15(23)8-12(21)9-25-17;1-19(2)18(24)26-20(3,10-30(19,27)28)13-6-11(4-5-14(13)22)7-16(29)17-15(23)8-12(21)9-25-17;1-19(2)18(23)25-20(3,10-30(19,27)28)13-6-11(4-5-14(13)22)7-15-17-16(29-26-15)8-12(21)9-24-17;1-6(2,3)5-4;2-1-4-3;;;/h4-6,8-9,28H,7,10H2,1-3H3,(H2,24,26);2*4-6,8-9H,7,10H2,1-3H3,(H2,24,26);4-6,8-9H,7,10H2,1-3H3,(H2,23,25);4H2,1-3H3;1,3H;;;/q;;;;;;2*+1;-1/p-1/b27-16+;;;;;;;;/t4*20-;;;;;/m0000...../s1. The van der Waals surface area contributed by atoms with Gasteiger partial charge in [-0.25, -0.2) is 108 Å². The fourth-order valence-corrected chi connectivity index (χ4v) is 20.5. The first kappa shape index (κ1) is 114. The molecule has 4 aromatic carbocycles. The zero-order chi connectivity index (χ0) is 98.7. The van der Waals surface area contributed by atoms with E-state index in [1.54, 1.807) is 19.1 Å². The minimum absolute atomic E-state index is 0. The fourth-order valence-electron chi connectivity index (χ4n) is 13.4. The van der Waals surface area contributed by atoms with Crippen LogP contribution in [0.1, 0.15) is 157 Å². The van der Waals surface area contributed by atoms with E-state index in [1.807, 2.05) is 19.6 Å². The number of nitrogens with zero attached hydrogens (tertiary/aromatic N) is 10. The molecule has 0 radical (unpaired) electrons. The van der Waals surface area contributed by atoms with Gasteiger partial charge in [0.05, 0.1) is 47.8 Å². The number of carbonyl (C=O) groups is 2. The molecule has 5 aromatic heterocycles. The van der Waals surface area contributed by atoms with Crippen LogP contribution in [0.2, 0.25) is 19.6 Å². The van der Waals surface area contributed by atoms with Gasteiger partial charge in [-0.05, 0) is 155 Å². The number of thiocarbonyl (C=S) groups is 1. The van der Waals surface area contributed by atoms with Crippen LogP contribution in [0.5, 0.6) is 0 Å². The van der Waals surface area contributed by atoms with Crippen LogP contribution in [0, 0.1) is 64.0 Å². The number of benzene rings is 4. The largest absolute Gasteiger partial charge is 1.00 e. The van der Waals surface area contributed by atoms with Crippen molar-refractivity contribution in [1.29, 1.82) is 0 Å². The van der Waals surface area contributed by atoms with Crippen LogP contribution in [0.3, 0.4) is 0 Å². The number of aliphatic imine (C=N–C) groups is 4. The zero-order valence-corrected chi connectivity index (χ0v) is 86.3. The van der Waals surface area contributed by atoms with E-state index < -0.39 is 182 Å². The molecular formula is C84H94F11K2N15O15S5Si. The van der Waals surface area contributed by atoms with E-state index in [1.165, 1.54) is 131 Å². The number of amidine groups is 4. The number of fused-ring (bicyclic) bond motifs is 1. The summed E-state index contributed by atoms with van der Waals surface area (Å²) in [6, 6.07) is 18.9. The van der Waals surface area contributed by atoms with Crippen molar-refractivity contribution in [2.45, 2.75) is 170 Å². The van der Waals surface area contributed by atoms with Crippen LogP contribution in [-0.4, -0.2) is 160 Å². The third-order valence-electron chi connectivity index (χ3n) is 21.9. The Morgan fingerprint density at radius 2 is 0.759 bits per heavy atom. The van der Waals surface area contributed by atoms with Gasteiger partial charge in [0.15, 0.2) is 68.2 Å². The maximum Gasteiger partial charge on any atom is 1.00 e. The predicted molar refractivity (Wildman–Crippen MR) is 472 cm³/mol. The molecule has 133 heavy (non-hydrogen) atoms. The van der Waals surface area contributed by atoms with Gasteiger partial charge in [-0.3, -0.25) is 29.6 Å². The smallest absolute Gasteiger partial charge is 1.00 e. The molecule has 4 atom stereocenters. The predicted octanol–water partition coefficient (Wildman–Crippen LogP) is 4.78. The molecule has 4 aliphatic heterocycles. The number of aromatic nitrogens is 5. The summed E-state index contributed by atoms with van der Waals surface area (Å²) in [7, 11) is -16.3. The Bertz CT molecular complexity index is 6470. The van der Waals surface area contributed by atoms with E-state index in [4.69, 9.17) is 55.6 Å². The Hall–Kier alpha value is -8.07. The van der Waals surface area contributed by atoms with Gasteiger partial charge >= 0.3 is 103 Å². The molecule has 11 N–H and O–H groups in total. The zero-order valence-electron chi connectivity index (χ0n) is 76.0. The molecule has 0 amide bonds. The quantitative estimate of drug-likeness (QED) is 0.00822. The summed E-state index contributed by atoms with van der Waals surface area (Å²) in [4.78, 5) is 55.7. The van der Waals surface area contributed by atoms with Crippen molar-refractivity contribution in [3.05, 3.63) is 253 Å². The number of hydrogen-bond acceptors (Lipinski definition) is 31. The molecule has 13 rings (SSSR count). The number of rotatable bonds is 17. The first-order chi connectivity index (χ1) is 60.2. The van der Waals surface area contributed by atoms with Crippen molar-refractivity contribution in [2.75, 3.05) is 23.0 Å². The molecule has 30 nitrogen and oxygen atoms in total. The van der Waals surface area contributed by atoms with Gasteiger partial charge in [-0.15, -0.1) is 0 Å². The van der Waals surface area contributed by atoms with Crippen molar-refractivity contribution < 1.29 is 220 Å². The topological polar surface area (TPSA) is 502 Å². The van der Waals surface area contributed by atoms with Crippen LogP contribution in [0.15, 0.2) is 151 Å². The number of halogens is 11. The number of hydrogen-bond donors (Lipinski definition) is 6. The van der Waals surface area contributed by atoms with E-state index in [0.717, 1.165) is 36.9 Å². The Balaban J connectivity index is 0.000000303. The molecule has 0 bridgehead atoms. The molecule has 0 saturated heterocycles. The van der Waals surface area contributed by atoms with E-state index in [2.05, 4.69) is 59.6 Å². The number of oxime groups is 1. The first-order valence-corrected chi connectivity index (χ1v) is 49.4. The molecule has 4 aliphatic rings. The molecule has 0 fully saturated rings. The summed E-state index contributed by atoms with van der Waals surface area (Å²) in [6.45, 7) is 23.5. The Morgan fingerprint density at radius 1 is 0.474 bits per heavy atom. The van der Waals surface area contributed by atoms with Crippen LogP contribution in [-0.2, 0) is 101 Å². The third kappa shape index (κ3) is 25.9. The van der Waals surface area contributed by atoms with Gasteiger partial charge in [0, 0.05) is 77.1 Å². The minimum Gasteiger partial charge on any atom is -1.00 e. The van der Waals surface area contributed by atoms with Crippen molar-refractivity contribution in [3.63, 3.8) is 0 Å². The summed E-state index contributed by atoms with van der Waals surface area (Å²) in [6.07, 6.45) is 3.12. The Morgan fingerprint density at radius 3 is 1.07 bits per heavy atom. The molecule has 9 aromatic rings. The summed E-state index contributed by atoms with van der Waals surface area (Å²) in [5, 5.41) is 24.7. The van der Waals surface area contributed by atoms with Crippen LogP contribution in [0.4, 0.5) is 48.3 Å². The Kier molecular flexibility index (Phi) is 37.0. The van der Waals surface area contributed by atoms with Crippen molar-refractivity contribution in [2.24, 2.45) is 54.0 Å². The molecular weight excluding hydrogens is 1930 g/mol. The second-order valence-corrected chi connectivity index (χ2v) is 49.6. The van der Waals surface area contributed by atoms with E-state index >= 15 is 0 Å². The second-order valence-electron chi connectivity index (χ2n) is 34.5. The average molecular weight is 2030 g/mol. The maximum absolute atomic E-state index is 14.8. The fraction of sp³-hybridized carbons (Fsp3) is 0.369. The summed E-state index contributed by atoms with van der Waals surface area (Å²) in [5.41, 5.74) is 19.5. The minimum atomic E-state index is -3.76. The number of Topliss-reactive ketones (excluding diaryl/α,β-unsaturated/α-hetero) is 1. The van der Waals surface area contributed by atoms with Crippen molar-refractivity contribution in [1.82, 2.24) is 25.1 Å². The number of carbonyl (C=O) groups excluding carboxylic acids is 2. The Labute approximate surface area is 852 Å². The second kappa shape index (κ2) is 43.3. The SMILES string of the molecule is CC1(C)C(N)=N[C@](C)(c2cc(C/C(=N\O)c3ncc(F)cc3F)ccc2F)CS1(=O)=O.CC1(C)C(N)=N[C@](C)(c2cc(CC(=O)c3ncc(F)cc3F)ccc2F)CS1(=O)=O.CC1(C)C(N)=N[C@](C)(c2cc(CC(=S)c3ncc(F)cc3F)ccc2F)CS1(=O)=O.CC1(C)C(N)=N[C@](C)(c2cc(Cc3noc4cc(F)cnc34)ccc2F)CS1(=O)=O.C[Si](C)(C)ON.O=CO[O-].[H-].[K+].[K+]. The van der Waals surface area contributed by atoms with Gasteiger partial charge in [-0.2, -0.15) is 0 Å². The molecule has 708 valence electrons. The van der Waals surface area contributed by atoms with Crippen molar-refractivity contribution in [3.8, 4) is 0 Å². The van der Waals surface area contributed by atoms with Crippen LogP contribution < -0.4 is 137 Å². The number of ketones is 1. The molecule has 9 heterocycles. The van der Waals surface area contributed by atoms with E-state index in [-0.39, 0.29) is 215 Å². The van der Waals surface area contributed by atoms with Gasteiger partial charge in [0.1, 0.15) is 145 Å². The van der Waals surface area contributed by atoms with Gasteiger partial charge < -0.3 is 48.8 Å². The number of pyridine rings is 4. The first-order valence-electron chi connectivity index (χ1n) is 38.9. The van der Waals surface area contributed by atoms with Gasteiger partial charge in [0.25, 0.3) is 6.47 Å². The molecule has 0 aliphatic carbocycles. The molecule has 49 heteroatoms. The molecule has 0 saturated carbocycles. The van der Waals surface area contributed by atoms with Gasteiger partial charge in [0.2, 0.25) is 8.32 Å². The van der Waals surface area contributed by atoms with Gasteiger partial charge in [-0.1, -0.05) is 65.0 Å². The maximum atomic E-state index is 14.8. The summed E-state index contributed by atoms with van der Waals surface area (Å²) < 4.78 is 259. The summed E-state index contributed by atoms with van der Waals surface area (Å²) in [5.74, 6) is -6.92. The number of nitrogens with two attached hydrogens (primary N) is 5. The van der Waals surface area contributed by atoms with Crippen LogP contribution >= 0.6 is 12.2 Å². The van der Waals surface area contributed by atoms with Crippen LogP contribution in [0.25, 0.3) is 11.1 Å². The average Bonchev–Trinajstić information content (AvgIpc) is 0.958. The van der Waals surface area contributed by atoms with Crippen molar-refractivity contribution >= 4 is 117 Å². The number of sulfone groups is 4. The summed E-state index contributed by atoms with van der Waals surface area (Å²) >= 11 is 5.22.